The molecule has 1 N–H and O–H groups in total. The quantitative estimate of drug-likeness (QED) is 0.729. The van der Waals surface area contributed by atoms with E-state index in [0.717, 1.165) is 5.56 Å². The first kappa shape index (κ1) is 16.9. The number of hydrogen-bond acceptors (Lipinski definition) is 4. The molecule has 1 aliphatic rings. The normalized spacial score (nSPS) is 11.9. The smallest absolute Gasteiger partial charge is 0.259 e. The fourth-order valence-corrected chi connectivity index (χ4v) is 2.69. The van der Waals surface area contributed by atoms with Crippen LogP contribution < -0.4 is 19.5 Å². The van der Waals surface area contributed by atoms with E-state index in [4.69, 9.17) is 14.2 Å². The highest BCUT2D eigenvalue weighted by atomic mass is 19.1. The minimum atomic E-state index is -0.303. The van der Waals surface area contributed by atoms with Crippen LogP contribution in [0.2, 0.25) is 0 Å². The summed E-state index contributed by atoms with van der Waals surface area (Å²) >= 11 is 0. The molecule has 0 unspecified atom stereocenters. The van der Waals surface area contributed by atoms with E-state index >= 15 is 0 Å². The summed E-state index contributed by atoms with van der Waals surface area (Å²) in [6.45, 7) is 0.404. The summed E-state index contributed by atoms with van der Waals surface area (Å²) < 4.78 is 29.4. The number of ether oxygens (including phenoxy) is 3. The summed E-state index contributed by atoms with van der Waals surface area (Å²) in [6.07, 6.45) is 0. The molecule has 1 amide bonds. The first-order valence-electron chi connectivity index (χ1n) is 8.36. The van der Waals surface area contributed by atoms with E-state index in [2.05, 4.69) is 5.32 Å². The third-order valence-electron chi connectivity index (χ3n) is 4.07. The van der Waals surface area contributed by atoms with Gasteiger partial charge in [0.25, 0.3) is 5.91 Å². The summed E-state index contributed by atoms with van der Waals surface area (Å²) in [6, 6.07) is 18.2. The Bertz CT molecular complexity index is 972. The van der Waals surface area contributed by atoms with Crippen LogP contribution in [-0.4, -0.2) is 12.7 Å². The van der Waals surface area contributed by atoms with Crippen LogP contribution >= 0.6 is 0 Å². The molecule has 4 rings (SSSR count). The third kappa shape index (κ3) is 3.84. The van der Waals surface area contributed by atoms with Gasteiger partial charge in [0.2, 0.25) is 6.79 Å². The average Bonchev–Trinajstić information content (AvgIpc) is 3.15. The van der Waals surface area contributed by atoms with E-state index in [1.165, 1.54) is 12.1 Å². The molecule has 0 atom stereocenters. The maximum Gasteiger partial charge on any atom is 0.259 e. The number of rotatable bonds is 5. The molecule has 0 bridgehead atoms. The maximum absolute atomic E-state index is 13.0. The molecule has 0 spiro atoms. The van der Waals surface area contributed by atoms with Crippen LogP contribution in [0.1, 0.15) is 15.9 Å². The van der Waals surface area contributed by atoms with Crippen molar-refractivity contribution in [3.63, 3.8) is 0 Å². The van der Waals surface area contributed by atoms with Crippen molar-refractivity contribution >= 4 is 11.6 Å². The number of carbonyl (C=O) groups is 1. The summed E-state index contributed by atoms with van der Waals surface area (Å²) in [5.41, 5.74) is 1.80. The van der Waals surface area contributed by atoms with Gasteiger partial charge in [-0.2, -0.15) is 0 Å². The van der Waals surface area contributed by atoms with Crippen molar-refractivity contribution in [3.05, 3.63) is 83.7 Å². The monoisotopic (exact) mass is 365 g/mol. The Hall–Kier alpha value is -3.54. The summed E-state index contributed by atoms with van der Waals surface area (Å²) in [7, 11) is 0. The SMILES string of the molecule is O=C(Nc1ccc2c(c1)OCO2)c1ccccc1OCc1ccc(F)cc1. The summed E-state index contributed by atoms with van der Waals surface area (Å²) in [5.74, 6) is 1.08. The summed E-state index contributed by atoms with van der Waals surface area (Å²) in [4.78, 5) is 12.7. The Labute approximate surface area is 155 Å². The molecule has 0 saturated carbocycles. The van der Waals surface area contributed by atoms with Crippen LogP contribution in [0.25, 0.3) is 0 Å². The molecule has 0 aromatic heterocycles. The number of amides is 1. The lowest BCUT2D eigenvalue weighted by Gasteiger charge is -2.12. The van der Waals surface area contributed by atoms with Gasteiger partial charge in [-0.15, -0.1) is 0 Å². The lowest BCUT2D eigenvalue weighted by Crippen LogP contribution is -2.13. The minimum absolute atomic E-state index is 0.173. The van der Waals surface area contributed by atoms with Gasteiger partial charge < -0.3 is 19.5 Å². The second-order valence-corrected chi connectivity index (χ2v) is 5.93. The van der Waals surface area contributed by atoms with Crippen molar-refractivity contribution in [2.45, 2.75) is 6.61 Å². The Morgan fingerprint density at radius 1 is 1.00 bits per heavy atom. The molecule has 0 aliphatic carbocycles. The van der Waals surface area contributed by atoms with Gasteiger partial charge in [0.05, 0.1) is 5.56 Å². The number of nitrogens with one attached hydrogen (secondary N) is 1. The van der Waals surface area contributed by atoms with Crippen LogP contribution in [0.3, 0.4) is 0 Å². The van der Waals surface area contributed by atoms with Crippen molar-refractivity contribution in [1.82, 2.24) is 0 Å². The third-order valence-corrected chi connectivity index (χ3v) is 4.07. The second-order valence-electron chi connectivity index (χ2n) is 5.93. The van der Waals surface area contributed by atoms with E-state index in [-0.39, 0.29) is 25.1 Å². The zero-order valence-electron chi connectivity index (χ0n) is 14.3. The first-order chi connectivity index (χ1) is 13.2. The van der Waals surface area contributed by atoms with Crippen LogP contribution in [0.5, 0.6) is 17.2 Å². The highest BCUT2D eigenvalue weighted by Gasteiger charge is 2.16. The van der Waals surface area contributed by atoms with E-state index in [1.54, 1.807) is 54.6 Å². The number of hydrogen-bond donors (Lipinski definition) is 1. The number of fused-ring (bicyclic) bond motifs is 1. The van der Waals surface area contributed by atoms with E-state index in [0.29, 0.717) is 28.5 Å². The Morgan fingerprint density at radius 2 is 1.78 bits per heavy atom. The van der Waals surface area contributed by atoms with Gasteiger partial charge in [-0.25, -0.2) is 4.39 Å². The van der Waals surface area contributed by atoms with Crippen LogP contribution in [0, 0.1) is 5.82 Å². The van der Waals surface area contributed by atoms with Gasteiger partial charge in [0.15, 0.2) is 11.5 Å². The molecular weight excluding hydrogens is 349 g/mol. The number of para-hydroxylation sites is 1. The van der Waals surface area contributed by atoms with E-state index < -0.39 is 0 Å². The number of carbonyl (C=O) groups excluding carboxylic acids is 1. The van der Waals surface area contributed by atoms with Crippen LogP contribution in [0.15, 0.2) is 66.7 Å². The van der Waals surface area contributed by atoms with Crippen molar-refractivity contribution in [2.75, 3.05) is 12.1 Å². The lowest BCUT2D eigenvalue weighted by atomic mass is 10.1. The van der Waals surface area contributed by atoms with Crippen molar-refractivity contribution in [1.29, 1.82) is 0 Å². The topological polar surface area (TPSA) is 56.8 Å². The van der Waals surface area contributed by atoms with E-state index in [1.807, 2.05) is 0 Å². The Morgan fingerprint density at radius 3 is 2.63 bits per heavy atom. The number of benzene rings is 3. The number of halogens is 1. The average molecular weight is 365 g/mol. The predicted octanol–water partition coefficient (Wildman–Crippen LogP) is 4.39. The molecule has 1 heterocycles. The lowest BCUT2D eigenvalue weighted by molar-refractivity contribution is 0.102. The Kier molecular flexibility index (Phi) is 4.61. The fraction of sp³-hybridized carbons (Fsp3) is 0.0952. The zero-order chi connectivity index (χ0) is 18.6. The molecular formula is C21H16FNO4. The largest absolute Gasteiger partial charge is 0.488 e. The van der Waals surface area contributed by atoms with Crippen molar-refractivity contribution < 1.29 is 23.4 Å². The zero-order valence-corrected chi connectivity index (χ0v) is 14.3. The van der Waals surface area contributed by atoms with Crippen LogP contribution in [0.4, 0.5) is 10.1 Å². The molecule has 0 saturated heterocycles. The number of anilines is 1. The second kappa shape index (κ2) is 7.37. The maximum atomic E-state index is 13.0. The molecule has 27 heavy (non-hydrogen) atoms. The van der Waals surface area contributed by atoms with E-state index in [9.17, 15) is 9.18 Å². The fourth-order valence-electron chi connectivity index (χ4n) is 2.69. The van der Waals surface area contributed by atoms with Crippen molar-refractivity contribution in [3.8, 4) is 17.2 Å². The molecule has 0 radical (unpaired) electrons. The first-order valence-corrected chi connectivity index (χ1v) is 8.36. The highest BCUT2D eigenvalue weighted by molar-refractivity contribution is 6.06. The van der Waals surface area contributed by atoms with Gasteiger partial charge in [-0.3, -0.25) is 4.79 Å². The molecule has 3 aromatic carbocycles. The molecule has 5 nitrogen and oxygen atoms in total. The van der Waals surface area contributed by atoms with Crippen LogP contribution in [-0.2, 0) is 6.61 Å². The minimum Gasteiger partial charge on any atom is -0.488 e. The predicted molar refractivity (Wildman–Crippen MR) is 97.7 cm³/mol. The molecule has 1 aliphatic heterocycles. The molecule has 136 valence electrons. The molecule has 0 fully saturated rings. The van der Waals surface area contributed by atoms with Gasteiger partial charge in [-0.1, -0.05) is 24.3 Å². The molecule has 6 heteroatoms. The molecule has 3 aromatic rings. The highest BCUT2D eigenvalue weighted by Crippen LogP contribution is 2.34. The standard InChI is InChI=1S/C21H16FNO4/c22-15-7-5-14(6-8-15)12-25-18-4-2-1-3-17(18)21(24)23-16-9-10-19-20(11-16)27-13-26-19/h1-11H,12-13H2,(H,23,24). The van der Waals surface area contributed by atoms with Gasteiger partial charge in [0, 0.05) is 11.8 Å². The van der Waals surface area contributed by atoms with Gasteiger partial charge in [-0.05, 0) is 42.0 Å². The van der Waals surface area contributed by atoms with Gasteiger partial charge >= 0.3 is 0 Å². The van der Waals surface area contributed by atoms with Crippen molar-refractivity contribution in [2.24, 2.45) is 0 Å². The Balaban J connectivity index is 1.48. The summed E-state index contributed by atoms with van der Waals surface area (Å²) in [5, 5.41) is 2.83. The van der Waals surface area contributed by atoms with Gasteiger partial charge in [0.1, 0.15) is 18.2 Å².